The molecule has 0 saturated heterocycles. The van der Waals surface area contributed by atoms with Gasteiger partial charge in [0, 0.05) is 23.4 Å². The lowest BCUT2D eigenvalue weighted by Gasteiger charge is -2.25. The van der Waals surface area contributed by atoms with Gasteiger partial charge in [-0.3, -0.25) is 10.4 Å². The smallest absolute Gasteiger partial charge is 0.284 e. The number of aromatic amines is 1. The third-order valence-corrected chi connectivity index (χ3v) is 4.77. The normalized spacial score (nSPS) is 19.6. The third kappa shape index (κ3) is 2.74. The number of nitrogens with zero attached hydrogens (tertiary/aromatic N) is 4. The van der Waals surface area contributed by atoms with E-state index in [0.717, 1.165) is 29.7 Å². The summed E-state index contributed by atoms with van der Waals surface area (Å²) in [6.45, 7) is 2.86. The standard InChI is InChI=1S/C19H20N6/c1-13-3-2-4-15(9-13)24-11-18-20-7-8-25(18)19(12-24)21-17-10-16(22-23-17)14-5-6-14/h2-4,7-10,12,14H,5-6,11H2,1H3,(H2,21,22,23)/q+1. The molecule has 0 unspecified atom stereocenters. The van der Waals surface area contributed by atoms with Gasteiger partial charge in [-0.2, -0.15) is 10.1 Å². The molecule has 1 saturated carbocycles. The molecule has 0 amide bonds. The number of hydrogen-bond donors (Lipinski definition) is 2. The highest BCUT2D eigenvalue weighted by Gasteiger charge is 2.37. The maximum absolute atomic E-state index is 4.50. The Morgan fingerprint density at radius 1 is 1.28 bits per heavy atom. The van der Waals surface area contributed by atoms with Crippen LogP contribution >= 0.6 is 0 Å². The first-order chi connectivity index (χ1) is 12.3. The summed E-state index contributed by atoms with van der Waals surface area (Å²) in [4.78, 5) is 8.80. The van der Waals surface area contributed by atoms with Crippen LogP contribution in [0.15, 0.2) is 59.7 Å². The SMILES string of the molecule is Cc1cccc(N2C=C(Nc3cc(C4CC4)[nH]n3)[N+]3C=CN=C3C2)c1. The van der Waals surface area contributed by atoms with E-state index in [1.807, 2.05) is 12.4 Å². The van der Waals surface area contributed by atoms with Gasteiger partial charge in [0.2, 0.25) is 0 Å². The van der Waals surface area contributed by atoms with Crippen molar-refractivity contribution < 1.29 is 0 Å². The first-order valence-corrected chi connectivity index (χ1v) is 8.66. The van der Waals surface area contributed by atoms with Crippen molar-refractivity contribution in [2.24, 2.45) is 4.99 Å². The molecule has 0 spiro atoms. The molecule has 1 aromatic carbocycles. The summed E-state index contributed by atoms with van der Waals surface area (Å²) in [7, 11) is 0. The summed E-state index contributed by atoms with van der Waals surface area (Å²) in [6.07, 6.45) is 8.46. The van der Waals surface area contributed by atoms with Gasteiger partial charge < -0.3 is 4.90 Å². The van der Waals surface area contributed by atoms with E-state index >= 15 is 0 Å². The van der Waals surface area contributed by atoms with Gasteiger partial charge in [-0.1, -0.05) is 12.1 Å². The van der Waals surface area contributed by atoms with E-state index in [1.165, 1.54) is 24.1 Å². The van der Waals surface area contributed by atoms with Gasteiger partial charge in [0.25, 0.3) is 11.7 Å². The van der Waals surface area contributed by atoms with Crippen LogP contribution in [-0.4, -0.2) is 22.6 Å². The van der Waals surface area contributed by atoms with E-state index in [2.05, 4.69) is 73.8 Å². The molecular formula is C19H20N6+. The maximum Gasteiger partial charge on any atom is 0.284 e. The van der Waals surface area contributed by atoms with Gasteiger partial charge in [-0.05, 0) is 42.4 Å². The molecule has 2 aromatic rings. The van der Waals surface area contributed by atoms with E-state index in [4.69, 9.17) is 0 Å². The van der Waals surface area contributed by atoms with Gasteiger partial charge in [0.05, 0.1) is 12.4 Å². The lowest BCUT2D eigenvalue weighted by Crippen LogP contribution is -2.45. The minimum atomic E-state index is 0.663. The summed E-state index contributed by atoms with van der Waals surface area (Å²) < 4.78 is 0. The summed E-state index contributed by atoms with van der Waals surface area (Å²) in [6, 6.07) is 10.6. The lowest BCUT2D eigenvalue weighted by molar-refractivity contribution is 0.814. The molecule has 0 bridgehead atoms. The fraction of sp³-hybridized carbons (Fsp3) is 0.263. The van der Waals surface area contributed by atoms with Crippen molar-refractivity contribution in [2.75, 3.05) is 16.8 Å². The first-order valence-electron chi connectivity index (χ1n) is 8.66. The Hall–Kier alpha value is -2.86. The number of nitrogens with one attached hydrogen (secondary N) is 2. The number of anilines is 2. The van der Waals surface area contributed by atoms with E-state index in [9.17, 15) is 0 Å². The van der Waals surface area contributed by atoms with Gasteiger partial charge >= 0.3 is 0 Å². The average molecular weight is 332 g/mol. The van der Waals surface area contributed by atoms with Crippen LogP contribution in [0.4, 0.5) is 11.5 Å². The summed E-state index contributed by atoms with van der Waals surface area (Å²) in [5, 5.41) is 11.0. The van der Waals surface area contributed by atoms with Gasteiger partial charge in [0.15, 0.2) is 12.0 Å². The molecular weight excluding hydrogens is 312 g/mol. The predicted octanol–water partition coefficient (Wildman–Crippen LogP) is 3.35. The van der Waals surface area contributed by atoms with Crippen LogP contribution in [0.2, 0.25) is 0 Å². The zero-order valence-corrected chi connectivity index (χ0v) is 14.1. The number of aryl methyl sites for hydroxylation is 1. The third-order valence-electron chi connectivity index (χ3n) is 4.77. The van der Waals surface area contributed by atoms with Crippen LogP contribution in [0.1, 0.15) is 30.0 Å². The van der Waals surface area contributed by atoms with Crippen LogP contribution in [0, 0.1) is 6.92 Å². The fourth-order valence-corrected chi connectivity index (χ4v) is 3.28. The molecule has 1 aromatic heterocycles. The second kappa shape index (κ2) is 5.60. The minimum absolute atomic E-state index is 0.663. The molecule has 3 heterocycles. The molecule has 2 N–H and O–H groups in total. The highest BCUT2D eigenvalue weighted by molar-refractivity contribution is 5.96. The second-order valence-corrected chi connectivity index (χ2v) is 6.80. The Labute approximate surface area is 146 Å². The Kier molecular flexibility index (Phi) is 3.24. The average Bonchev–Trinajstić information content (AvgIpc) is 3.16. The molecule has 2 aliphatic heterocycles. The van der Waals surface area contributed by atoms with Crippen molar-refractivity contribution >= 4 is 17.3 Å². The number of hydrogen-bond acceptors (Lipinski definition) is 5. The van der Waals surface area contributed by atoms with Crippen LogP contribution < -0.4 is 15.1 Å². The number of benzene rings is 1. The molecule has 5 rings (SSSR count). The topological polar surface area (TPSA) is 62.2 Å². The molecule has 125 valence electrons. The quantitative estimate of drug-likeness (QED) is 0.844. The van der Waals surface area contributed by atoms with Gasteiger partial charge in [0.1, 0.15) is 6.54 Å². The summed E-state index contributed by atoms with van der Waals surface area (Å²) >= 11 is 0. The second-order valence-electron chi connectivity index (χ2n) is 6.80. The van der Waals surface area contributed by atoms with Crippen molar-refractivity contribution in [1.82, 2.24) is 15.1 Å². The number of aliphatic imine (C=N–C) groups is 1. The Balaban J connectivity index is 1.46. The predicted molar refractivity (Wildman–Crippen MR) is 99.5 cm³/mol. The van der Waals surface area contributed by atoms with Crippen molar-refractivity contribution in [3.8, 4) is 0 Å². The van der Waals surface area contributed by atoms with E-state index < -0.39 is 0 Å². The van der Waals surface area contributed by atoms with E-state index in [0.29, 0.717) is 5.92 Å². The monoisotopic (exact) mass is 332 g/mol. The Bertz CT molecular complexity index is 902. The van der Waals surface area contributed by atoms with Crippen molar-refractivity contribution in [3.05, 3.63) is 66.0 Å². The van der Waals surface area contributed by atoms with Crippen LogP contribution in [0.5, 0.6) is 0 Å². The lowest BCUT2D eigenvalue weighted by atomic mass is 10.2. The summed E-state index contributed by atoms with van der Waals surface area (Å²) in [5.41, 5.74) is 3.63. The van der Waals surface area contributed by atoms with Crippen LogP contribution in [0.3, 0.4) is 0 Å². The highest BCUT2D eigenvalue weighted by atomic mass is 15.4. The zero-order valence-electron chi connectivity index (χ0n) is 14.1. The molecule has 3 aliphatic rings. The molecule has 1 aliphatic carbocycles. The fourth-order valence-electron chi connectivity index (χ4n) is 3.28. The molecule has 0 atom stereocenters. The Morgan fingerprint density at radius 2 is 2.20 bits per heavy atom. The molecule has 1 radical (unpaired) electrons. The molecule has 1 fully saturated rings. The molecule has 6 heteroatoms. The zero-order chi connectivity index (χ0) is 16.8. The van der Waals surface area contributed by atoms with Crippen LogP contribution in [0.25, 0.3) is 0 Å². The van der Waals surface area contributed by atoms with Gasteiger partial charge in [-0.25, -0.2) is 0 Å². The molecule has 25 heavy (non-hydrogen) atoms. The number of H-pyrrole nitrogens is 1. The van der Waals surface area contributed by atoms with Crippen molar-refractivity contribution in [1.29, 1.82) is 0 Å². The number of amidine groups is 1. The van der Waals surface area contributed by atoms with E-state index in [-0.39, 0.29) is 0 Å². The number of aromatic nitrogens is 2. The maximum atomic E-state index is 4.50. The summed E-state index contributed by atoms with van der Waals surface area (Å²) in [5.74, 6) is 3.47. The number of rotatable bonds is 4. The van der Waals surface area contributed by atoms with Crippen LogP contribution in [-0.2, 0) is 0 Å². The van der Waals surface area contributed by atoms with Crippen molar-refractivity contribution in [3.63, 3.8) is 0 Å². The minimum Gasteiger partial charge on any atom is -0.329 e. The largest absolute Gasteiger partial charge is 0.329 e. The van der Waals surface area contributed by atoms with E-state index in [1.54, 1.807) is 0 Å². The highest BCUT2D eigenvalue weighted by Crippen LogP contribution is 2.39. The van der Waals surface area contributed by atoms with Crippen molar-refractivity contribution in [2.45, 2.75) is 25.7 Å². The van der Waals surface area contributed by atoms with Gasteiger partial charge in [-0.15, -0.1) is 0 Å². The number of fused-ring (bicyclic) bond motifs is 1. The Morgan fingerprint density at radius 3 is 3.04 bits per heavy atom. The molecule has 6 nitrogen and oxygen atoms in total. The first kappa shape index (κ1) is 14.5.